The number of nitrogens with one attached hydrogen (secondary N) is 1. The Labute approximate surface area is 59.4 Å². The second kappa shape index (κ2) is 5.32. The Bertz CT molecular complexity index is 151. The molecule has 0 amide bonds. The van der Waals surface area contributed by atoms with E-state index in [1.807, 2.05) is 6.92 Å². The number of rotatable bonds is 0. The van der Waals surface area contributed by atoms with Crippen LogP contribution in [0.2, 0.25) is 0 Å². The summed E-state index contributed by atoms with van der Waals surface area (Å²) in [5.41, 5.74) is 0. The number of hydrogen-bond acceptors (Lipinski definition) is 4. The van der Waals surface area contributed by atoms with Crippen LogP contribution in [0.4, 0.5) is 0 Å². The van der Waals surface area contributed by atoms with E-state index in [-0.39, 0.29) is 0 Å². The van der Waals surface area contributed by atoms with Crippen molar-refractivity contribution in [3.05, 3.63) is 18.2 Å². The lowest BCUT2D eigenvalue weighted by molar-refractivity contribution is 0.368. The smallest absolute Gasteiger partial charge is 0.324 e. The zero-order valence-corrected chi connectivity index (χ0v) is 6.29. The first kappa shape index (κ1) is 9.52. The lowest BCUT2D eigenvalue weighted by atomic mass is 10.8. The Morgan fingerprint density at radius 3 is 2.10 bits per heavy atom. The maximum Gasteiger partial charge on any atom is 0.324 e. The highest BCUT2D eigenvalue weighted by Gasteiger charge is 1.76. The molecular weight excluding hydrogens is 155 g/mol. The topological polar surface area (TPSA) is 89.4 Å². The van der Waals surface area contributed by atoms with Crippen LogP contribution < -0.4 is 0 Å². The maximum absolute atomic E-state index is 7.23. The molecule has 0 atom stereocenters. The highest BCUT2D eigenvalue weighted by Crippen LogP contribution is 2.11. The third kappa shape index (κ3) is 7.52. The molecule has 0 spiro atoms. The van der Waals surface area contributed by atoms with Gasteiger partial charge in [0, 0.05) is 12.4 Å². The first-order chi connectivity index (χ1) is 4.63. The summed E-state index contributed by atoms with van der Waals surface area (Å²) in [7, 11) is -2.62. The van der Waals surface area contributed by atoms with E-state index in [9.17, 15) is 0 Å². The minimum Gasteiger partial charge on any atom is -0.349 e. The fourth-order valence-corrected chi connectivity index (χ4v) is 0.344. The molecule has 0 radical (unpaired) electrons. The van der Waals surface area contributed by atoms with Crippen LogP contribution in [0.25, 0.3) is 0 Å². The highest BCUT2D eigenvalue weighted by atomic mass is 31.2. The summed E-state index contributed by atoms with van der Waals surface area (Å²) < 4.78 is 0. The van der Waals surface area contributed by atoms with Crippen LogP contribution in [0, 0.1) is 6.92 Å². The van der Waals surface area contributed by atoms with Gasteiger partial charge >= 0.3 is 8.60 Å². The van der Waals surface area contributed by atoms with Gasteiger partial charge in [0.15, 0.2) is 0 Å². The molecule has 6 heteroatoms. The summed E-state index contributed by atoms with van der Waals surface area (Å²) >= 11 is 0. The molecule has 0 aliphatic heterocycles. The van der Waals surface area contributed by atoms with Crippen LogP contribution >= 0.6 is 8.60 Å². The van der Waals surface area contributed by atoms with Gasteiger partial charge in [0.2, 0.25) is 0 Å². The molecule has 0 saturated heterocycles. The third-order valence-electron chi connectivity index (χ3n) is 0.635. The van der Waals surface area contributed by atoms with Crippen molar-refractivity contribution in [3.63, 3.8) is 0 Å². The Morgan fingerprint density at radius 2 is 2.00 bits per heavy atom. The lowest BCUT2D eigenvalue weighted by Crippen LogP contribution is -1.66. The first-order valence-corrected chi connectivity index (χ1v) is 3.65. The van der Waals surface area contributed by atoms with Gasteiger partial charge in [-0.3, -0.25) is 0 Å². The van der Waals surface area contributed by atoms with E-state index < -0.39 is 8.60 Å². The number of imidazole rings is 1. The van der Waals surface area contributed by atoms with Crippen LogP contribution in [-0.4, -0.2) is 24.6 Å². The van der Waals surface area contributed by atoms with Gasteiger partial charge in [-0.25, -0.2) is 4.98 Å². The summed E-state index contributed by atoms with van der Waals surface area (Å²) in [5.74, 6) is 0.968. The van der Waals surface area contributed by atoms with Crippen LogP contribution in [0.5, 0.6) is 0 Å². The summed E-state index contributed by atoms with van der Waals surface area (Å²) in [6, 6.07) is 0. The molecular formula is C4H9N2O3P. The van der Waals surface area contributed by atoms with Gasteiger partial charge in [0.05, 0.1) is 0 Å². The fourth-order valence-electron chi connectivity index (χ4n) is 0.344. The van der Waals surface area contributed by atoms with Crippen LogP contribution in [-0.2, 0) is 0 Å². The van der Waals surface area contributed by atoms with Crippen molar-refractivity contribution in [1.29, 1.82) is 0 Å². The third-order valence-corrected chi connectivity index (χ3v) is 0.635. The summed E-state index contributed by atoms with van der Waals surface area (Å²) in [6.45, 7) is 1.92. The normalized spacial score (nSPS) is 8.90. The zero-order valence-electron chi connectivity index (χ0n) is 5.39. The van der Waals surface area contributed by atoms with Crippen LogP contribution in [0.15, 0.2) is 12.4 Å². The summed E-state index contributed by atoms with van der Waals surface area (Å²) in [4.78, 5) is 28.4. The van der Waals surface area contributed by atoms with Crippen molar-refractivity contribution in [3.8, 4) is 0 Å². The quantitative estimate of drug-likeness (QED) is 0.403. The average molecular weight is 164 g/mol. The number of nitrogens with zero attached hydrogens (tertiary/aromatic N) is 1. The molecule has 10 heavy (non-hydrogen) atoms. The van der Waals surface area contributed by atoms with Crippen LogP contribution in [0.1, 0.15) is 5.82 Å². The molecule has 0 unspecified atom stereocenters. The van der Waals surface area contributed by atoms with E-state index in [0.29, 0.717) is 0 Å². The number of hydrogen-bond donors (Lipinski definition) is 4. The van der Waals surface area contributed by atoms with Crippen molar-refractivity contribution < 1.29 is 14.7 Å². The predicted molar refractivity (Wildman–Crippen MR) is 36.9 cm³/mol. The molecule has 0 bridgehead atoms. The minimum atomic E-state index is -2.62. The molecule has 0 aliphatic carbocycles. The molecule has 58 valence electrons. The van der Waals surface area contributed by atoms with Crippen molar-refractivity contribution in [1.82, 2.24) is 9.97 Å². The fraction of sp³-hybridized carbons (Fsp3) is 0.250. The Balaban J connectivity index is 0.000000180. The van der Waals surface area contributed by atoms with Crippen molar-refractivity contribution >= 4 is 8.60 Å². The summed E-state index contributed by atoms with van der Waals surface area (Å²) in [6.07, 6.45) is 3.53. The Hall–Kier alpha value is -0.480. The standard InChI is InChI=1S/C4H6N2.H3O3P/c1-4-5-2-3-6-4;1-4(2)3/h2-3H,1H3,(H,5,6);1-3H. The summed E-state index contributed by atoms with van der Waals surface area (Å²) in [5, 5.41) is 0. The number of aromatic amines is 1. The van der Waals surface area contributed by atoms with E-state index in [4.69, 9.17) is 14.7 Å². The molecule has 0 aromatic carbocycles. The second-order valence-corrected chi connectivity index (χ2v) is 1.98. The van der Waals surface area contributed by atoms with Gasteiger partial charge in [-0.05, 0) is 6.92 Å². The SMILES string of the molecule is Cc1ncc[nH]1.OP(O)O. The maximum atomic E-state index is 7.23. The number of aryl methyl sites for hydroxylation is 1. The van der Waals surface area contributed by atoms with Crippen molar-refractivity contribution in [2.75, 3.05) is 0 Å². The molecule has 1 heterocycles. The first-order valence-electron chi connectivity index (χ1n) is 2.45. The van der Waals surface area contributed by atoms with Gasteiger partial charge in [0.25, 0.3) is 0 Å². The molecule has 1 aromatic rings. The van der Waals surface area contributed by atoms with Crippen molar-refractivity contribution in [2.24, 2.45) is 0 Å². The van der Waals surface area contributed by atoms with E-state index in [1.54, 1.807) is 12.4 Å². The highest BCUT2D eigenvalue weighted by molar-refractivity contribution is 7.38. The van der Waals surface area contributed by atoms with Crippen molar-refractivity contribution in [2.45, 2.75) is 6.92 Å². The van der Waals surface area contributed by atoms with Gasteiger partial charge in [-0.1, -0.05) is 0 Å². The predicted octanol–water partition coefficient (Wildman–Crippen LogP) is -0.0917. The molecule has 0 fully saturated rings. The monoisotopic (exact) mass is 164 g/mol. The van der Waals surface area contributed by atoms with Crippen LogP contribution in [0.3, 0.4) is 0 Å². The van der Waals surface area contributed by atoms with E-state index in [1.165, 1.54) is 0 Å². The Kier molecular flexibility index (Phi) is 5.06. The number of H-pyrrole nitrogens is 1. The van der Waals surface area contributed by atoms with Gasteiger partial charge in [-0.2, -0.15) is 0 Å². The zero-order chi connectivity index (χ0) is 7.98. The van der Waals surface area contributed by atoms with Gasteiger partial charge < -0.3 is 19.7 Å². The molecule has 0 aliphatic rings. The van der Waals surface area contributed by atoms with E-state index in [2.05, 4.69) is 9.97 Å². The van der Waals surface area contributed by atoms with E-state index in [0.717, 1.165) is 5.82 Å². The molecule has 1 rings (SSSR count). The minimum absolute atomic E-state index is 0.968. The molecule has 0 saturated carbocycles. The average Bonchev–Trinajstić information content (AvgIpc) is 2.15. The number of aromatic nitrogens is 2. The Morgan fingerprint density at radius 1 is 1.50 bits per heavy atom. The molecule has 4 N–H and O–H groups in total. The van der Waals surface area contributed by atoms with Gasteiger partial charge in [0.1, 0.15) is 5.82 Å². The lowest BCUT2D eigenvalue weighted by Gasteiger charge is -1.76. The van der Waals surface area contributed by atoms with E-state index >= 15 is 0 Å². The molecule has 5 nitrogen and oxygen atoms in total. The largest absolute Gasteiger partial charge is 0.349 e. The molecule has 1 aromatic heterocycles. The second-order valence-electron chi connectivity index (χ2n) is 1.44. The van der Waals surface area contributed by atoms with Gasteiger partial charge in [-0.15, -0.1) is 0 Å².